The van der Waals surface area contributed by atoms with Crippen LogP contribution in [-0.2, 0) is 5.41 Å². The Hall–Kier alpha value is -2.67. The second-order valence-corrected chi connectivity index (χ2v) is 9.12. The SMILES string of the molecule is Cc1cc(C(=O)c2c(O)[nH]c3cc(Cl)c(-c4ccc(C5(CO)CC5)cc4)cc23)sn1. The highest BCUT2D eigenvalue weighted by molar-refractivity contribution is 7.08. The predicted octanol–water partition coefficient (Wildman–Crippen LogP) is 5.21. The van der Waals surface area contributed by atoms with Crippen molar-refractivity contribution in [3.8, 4) is 17.0 Å². The number of hydrogen-bond acceptors (Lipinski definition) is 5. The molecule has 1 saturated carbocycles. The van der Waals surface area contributed by atoms with Crippen molar-refractivity contribution in [1.29, 1.82) is 0 Å². The molecule has 2 aromatic carbocycles. The molecule has 1 aliphatic rings. The number of rotatable bonds is 5. The fraction of sp³-hybridized carbons (Fsp3) is 0.217. The molecule has 30 heavy (non-hydrogen) atoms. The molecule has 5 nitrogen and oxygen atoms in total. The van der Waals surface area contributed by atoms with Gasteiger partial charge >= 0.3 is 0 Å². The maximum Gasteiger partial charge on any atom is 0.210 e. The number of aliphatic hydroxyl groups excluding tert-OH is 1. The number of aromatic hydroxyl groups is 1. The predicted molar refractivity (Wildman–Crippen MR) is 119 cm³/mol. The number of aliphatic hydroxyl groups is 1. The van der Waals surface area contributed by atoms with Crippen LogP contribution in [0.25, 0.3) is 22.0 Å². The monoisotopic (exact) mass is 438 g/mol. The van der Waals surface area contributed by atoms with Crippen LogP contribution in [0, 0.1) is 6.92 Å². The van der Waals surface area contributed by atoms with Gasteiger partial charge in [0.1, 0.15) is 0 Å². The third-order valence-corrected chi connectivity index (χ3v) is 7.10. The molecule has 1 fully saturated rings. The first-order chi connectivity index (χ1) is 14.4. The van der Waals surface area contributed by atoms with Crippen LogP contribution in [0.4, 0.5) is 0 Å². The zero-order valence-corrected chi connectivity index (χ0v) is 17.8. The lowest BCUT2D eigenvalue weighted by molar-refractivity contribution is 0.104. The highest BCUT2D eigenvalue weighted by atomic mass is 35.5. The van der Waals surface area contributed by atoms with Crippen LogP contribution in [-0.4, -0.2) is 32.0 Å². The van der Waals surface area contributed by atoms with E-state index in [4.69, 9.17) is 11.6 Å². The summed E-state index contributed by atoms with van der Waals surface area (Å²) >= 11 is 7.65. The Labute approximate surface area is 182 Å². The zero-order valence-electron chi connectivity index (χ0n) is 16.2. The van der Waals surface area contributed by atoms with Crippen LogP contribution < -0.4 is 0 Å². The first-order valence-corrected chi connectivity index (χ1v) is 10.8. The van der Waals surface area contributed by atoms with Gasteiger partial charge in [-0.25, -0.2) is 0 Å². The van der Waals surface area contributed by atoms with E-state index >= 15 is 0 Å². The van der Waals surface area contributed by atoms with Crippen LogP contribution in [0.1, 0.15) is 39.3 Å². The Balaban J connectivity index is 1.60. The fourth-order valence-corrected chi connectivity index (χ4v) is 4.91. The smallest absolute Gasteiger partial charge is 0.210 e. The molecule has 0 aliphatic heterocycles. The standard InChI is InChI=1S/C23H19ClN2O3S/c1-12-8-19(30-26-12)21(28)20-16-9-15(17(24)10-18(16)25-22(20)29)13-2-4-14(5-3-13)23(11-27)6-7-23/h2-5,8-10,25,27,29H,6-7,11H2,1H3. The molecule has 152 valence electrons. The maximum atomic E-state index is 13.0. The van der Waals surface area contributed by atoms with Gasteiger partial charge in [0.05, 0.1) is 33.3 Å². The van der Waals surface area contributed by atoms with Crippen molar-refractivity contribution < 1.29 is 15.0 Å². The Bertz CT molecular complexity index is 1290. The highest BCUT2D eigenvalue weighted by Gasteiger charge is 2.43. The lowest BCUT2D eigenvalue weighted by atomic mass is 9.94. The minimum Gasteiger partial charge on any atom is -0.494 e. The molecule has 0 saturated heterocycles. The fourth-order valence-electron chi connectivity index (χ4n) is 3.94. The molecule has 0 spiro atoms. The van der Waals surface area contributed by atoms with E-state index in [1.165, 1.54) is 0 Å². The second kappa shape index (κ2) is 6.94. The molecule has 3 N–H and O–H groups in total. The Morgan fingerprint density at radius 2 is 1.97 bits per heavy atom. The number of nitrogens with zero attached hydrogens (tertiary/aromatic N) is 1. The van der Waals surface area contributed by atoms with Crippen molar-refractivity contribution >= 4 is 39.8 Å². The van der Waals surface area contributed by atoms with Crippen LogP contribution in [0.2, 0.25) is 5.02 Å². The number of aromatic nitrogens is 2. The van der Waals surface area contributed by atoms with Gasteiger partial charge in [0, 0.05) is 16.4 Å². The summed E-state index contributed by atoms with van der Waals surface area (Å²) in [4.78, 5) is 16.3. The molecule has 4 aromatic rings. The Morgan fingerprint density at radius 3 is 2.57 bits per heavy atom. The topological polar surface area (TPSA) is 86.2 Å². The van der Waals surface area contributed by atoms with E-state index in [2.05, 4.69) is 9.36 Å². The number of aryl methyl sites for hydroxylation is 1. The van der Waals surface area contributed by atoms with Crippen molar-refractivity contribution in [1.82, 2.24) is 9.36 Å². The van der Waals surface area contributed by atoms with Crippen LogP contribution in [0.15, 0.2) is 42.5 Å². The van der Waals surface area contributed by atoms with Crippen molar-refractivity contribution in [2.75, 3.05) is 6.61 Å². The average Bonchev–Trinajstić information content (AvgIpc) is 3.32. The van der Waals surface area contributed by atoms with E-state index in [0.29, 0.717) is 20.8 Å². The molecular weight excluding hydrogens is 420 g/mol. The van der Waals surface area contributed by atoms with Crippen LogP contribution in [0.5, 0.6) is 5.88 Å². The van der Waals surface area contributed by atoms with Crippen LogP contribution >= 0.6 is 23.1 Å². The van der Waals surface area contributed by atoms with E-state index in [0.717, 1.165) is 46.8 Å². The molecular formula is C23H19ClN2O3S. The number of nitrogens with one attached hydrogen (secondary N) is 1. The number of aromatic amines is 1. The van der Waals surface area contributed by atoms with Gasteiger partial charge in [-0.1, -0.05) is 35.9 Å². The molecule has 2 aromatic heterocycles. The first-order valence-electron chi connectivity index (χ1n) is 9.66. The van der Waals surface area contributed by atoms with Gasteiger partial charge < -0.3 is 15.2 Å². The van der Waals surface area contributed by atoms with Gasteiger partial charge in [0.2, 0.25) is 11.7 Å². The highest BCUT2D eigenvalue weighted by Crippen LogP contribution is 2.48. The summed E-state index contributed by atoms with van der Waals surface area (Å²) in [7, 11) is 0. The summed E-state index contributed by atoms with van der Waals surface area (Å²) in [5, 5.41) is 21.2. The Kier molecular flexibility index (Phi) is 4.47. The number of fused-ring (bicyclic) bond motifs is 1. The Morgan fingerprint density at radius 1 is 1.23 bits per heavy atom. The molecule has 1 aliphatic carbocycles. The molecule has 0 amide bonds. The van der Waals surface area contributed by atoms with Gasteiger partial charge in [-0.2, -0.15) is 4.37 Å². The third-order valence-electron chi connectivity index (χ3n) is 5.91. The van der Waals surface area contributed by atoms with E-state index in [1.807, 2.05) is 37.3 Å². The lowest BCUT2D eigenvalue weighted by Crippen LogP contribution is -2.11. The quantitative estimate of drug-likeness (QED) is 0.373. The molecule has 0 unspecified atom stereocenters. The largest absolute Gasteiger partial charge is 0.494 e. The van der Waals surface area contributed by atoms with Gasteiger partial charge in [-0.05, 0) is 60.6 Å². The minimum atomic E-state index is -0.272. The summed E-state index contributed by atoms with van der Waals surface area (Å²) < 4.78 is 4.17. The van der Waals surface area contributed by atoms with Crippen molar-refractivity contribution in [2.24, 2.45) is 0 Å². The number of hydrogen-bond donors (Lipinski definition) is 3. The number of H-pyrrole nitrogens is 1. The molecule has 0 bridgehead atoms. The molecule has 0 radical (unpaired) electrons. The van der Waals surface area contributed by atoms with E-state index in [9.17, 15) is 15.0 Å². The molecule has 2 heterocycles. The normalized spacial score (nSPS) is 14.9. The summed E-state index contributed by atoms with van der Waals surface area (Å²) in [5.41, 5.74) is 4.31. The van der Waals surface area contributed by atoms with Crippen molar-refractivity contribution in [3.63, 3.8) is 0 Å². The number of carbonyl (C=O) groups is 1. The van der Waals surface area contributed by atoms with Gasteiger partial charge in [0.25, 0.3) is 0 Å². The lowest BCUT2D eigenvalue weighted by Gasteiger charge is -2.13. The number of ketones is 1. The number of carbonyl (C=O) groups excluding carboxylic acids is 1. The van der Waals surface area contributed by atoms with Crippen molar-refractivity contribution in [2.45, 2.75) is 25.2 Å². The minimum absolute atomic E-state index is 0.0921. The third kappa shape index (κ3) is 3.03. The molecule has 5 rings (SSSR count). The summed E-state index contributed by atoms with van der Waals surface area (Å²) in [5.74, 6) is -0.449. The van der Waals surface area contributed by atoms with Crippen molar-refractivity contribution in [3.05, 3.63) is 69.2 Å². The maximum absolute atomic E-state index is 13.0. The summed E-state index contributed by atoms with van der Waals surface area (Å²) in [6, 6.07) is 13.3. The molecule has 7 heteroatoms. The van der Waals surface area contributed by atoms with Gasteiger partial charge in [0.15, 0.2) is 0 Å². The van der Waals surface area contributed by atoms with E-state index < -0.39 is 0 Å². The van der Waals surface area contributed by atoms with Gasteiger partial charge in [-0.15, -0.1) is 0 Å². The zero-order chi connectivity index (χ0) is 21.0. The molecule has 0 atom stereocenters. The van der Waals surface area contributed by atoms with Gasteiger partial charge in [-0.3, -0.25) is 4.79 Å². The van der Waals surface area contributed by atoms with E-state index in [1.54, 1.807) is 12.1 Å². The van der Waals surface area contributed by atoms with Crippen LogP contribution in [0.3, 0.4) is 0 Å². The summed E-state index contributed by atoms with van der Waals surface area (Å²) in [6.07, 6.45) is 2.00. The van der Waals surface area contributed by atoms with E-state index in [-0.39, 0.29) is 29.2 Å². The average molecular weight is 439 g/mol. The first kappa shape index (κ1) is 19.3. The second-order valence-electron chi connectivity index (χ2n) is 7.90. The summed E-state index contributed by atoms with van der Waals surface area (Å²) in [6.45, 7) is 1.98. The number of halogens is 1. The number of benzene rings is 2.